The largest absolute Gasteiger partial charge is 0.490 e. The van der Waals surface area contributed by atoms with Crippen LogP contribution in [0.5, 0.6) is 5.75 Å². The number of nitrogens with one attached hydrogen (secondary N) is 1. The maximum Gasteiger partial charge on any atom is 0.224 e. The fourth-order valence-corrected chi connectivity index (χ4v) is 2.73. The van der Waals surface area contributed by atoms with Crippen molar-refractivity contribution in [3.63, 3.8) is 0 Å². The summed E-state index contributed by atoms with van der Waals surface area (Å²) < 4.78 is 5.95. The van der Waals surface area contributed by atoms with E-state index in [1.807, 2.05) is 35.2 Å². The average molecular weight is 290 g/mol. The van der Waals surface area contributed by atoms with Crippen molar-refractivity contribution in [1.29, 1.82) is 0 Å². The molecule has 4 heteroatoms. The van der Waals surface area contributed by atoms with E-state index in [0.29, 0.717) is 6.42 Å². The number of benzene rings is 1. The van der Waals surface area contributed by atoms with Crippen LogP contribution in [-0.4, -0.2) is 42.6 Å². The van der Waals surface area contributed by atoms with E-state index in [4.69, 9.17) is 4.74 Å². The lowest BCUT2D eigenvalue weighted by Crippen LogP contribution is -2.43. The van der Waals surface area contributed by atoms with Gasteiger partial charge in [-0.05, 0) is 25.6 Å². The normalized spacial score (nSPS) is 17.5. The van der Waals surface area contributed by atoms with E-state index in [-0.39, 0.29) is 18.1 Å². The van der Waals surface area contributed by atoms with Gasteiger partial charge < -0.3 is 15.0 Å². The fraction of sp³-hybridized carbons (Fsp3) is 0.588. The molecule has 1 unspecified atom stereocenters. The number of piperidine rings is 1. The van der Waals surface area contributed by atoms with Crippen LogP contribution in [0.1, 0.15) is 33.1 Å². The van der Waals surface area contributed by atoms with Gasteiger partial charge in [-0.1, -0.05) is 25.1 Å². The smallest absolute Gasteiger partial charge is 0.224 e. The van der Waals surface area contributed by atoms with E-state index in [1.165, 1.54) is 0 Å². The highest BCUT2D eigenvalue weighted by Crippen LogP contribution is 2.19. The third-order valence-corrected chi connectivity index (χ3v) is 3.87. The summed E-state index contributed by atoms with van der Waals surface area (Å²) in [6, 6.07) is 10.2. The molecule has 1 fully saturated rings. The first-order valence-corrected chi connectivity index (χ1v) is 7.92. The molecule has 1 amide bonds. The number of para-hydroxylation sites is 1. The van der Waals surface area contributed by atoms with Crippen molar-refractivity contribution in [2.75, 3.05) is 19.6 Å². The molecule has 1 aliphatic rings. The number of nitrogens with zero attached hydrogens (tertiary/aromatic N) is 1. The number of carbonyl (C=O) groups excluding carboxylic acids is 1. The molecule has 0 aromatic heterocycles. The number of carbonyl (C=O) groups is 1. The molecule has 0 bridgehead atoms. The lowest BCUT2D eigenvalue weighted by atomic mass is 10.1. The SMILES string of the molecule is CCNC(C)CC(=O)N1CCC(Oc2ccccc2)CC1. The van der Waals surface area contributed by atoms with Crippen LogP contribution < -0.4 is 10.1 Å². The highest BCUT2D eigenvalue weighted by Gasteiger charge is 2.24. The van der Waals surface area contributed by atoms with Gasteiger partial charge in [0.05, 0.1) is 0 Å². The fourth-order valence-electron chi connectivity index (χ4n) is 2.73. The Balaban J connectivity index is 1.74. The Labute approximate surface area is 127 Å². The zero-order valence-corrected chi connectivity index (χ0v) is 13.0. The second-order valence-electron chi connectivity index (χ2n) is 5.67. The Kier molecular flexibility index (Phi) is 6.05. The Morgan fingerprint density at radius 3 is 2.62 bits per heavy atom. The van der Waals surface area contributed by atoms with Gasteiger partial charge in [0, 0.05) is 38.4 Å². The molecule has 116 valence electrons. The molecule has 0 aliphatic carbocycles. The van der Waals surface area contributed by atoms with Gasteiger partial charge in [0.2, 0.25) is 5.91 Å². The third kappa shape index (κ3) is 5.05. The highest BCUT2D eigenvalue weighted by atomic mass is 16.5. The molecule has 1 N–H and O–H groups in total. The molecule has 2 rings (SSSR count). The number of hydrogen-bond acceptors (Lipinski definition) is 3. The maximum atomic E-state index is 12.2. The lowest BCUT2D eigenvalue weighted by molar-refractivity contribution is -0.133. The summed E-state index contributed by atoms with van der Waals surface area (Å²) in [4.78, 5) is 14.2. The molecule has 1 heterocycles. The Hall–Kier alpha value is -1.55. The molecule has 4 nitrogen and oxygen atoms in total. The van der Waals surface area contributed by atoms with Crippen LogP contribution in [0.3, 0.4) is 0 Å². The first-order chi connectivity index (χ1) is 10.2. The molecule has 1 saturated heterocycles. The van der Waals surface area contributed by atoms with Gasteiger partial charge in [0.15, 0.2) is 0 Å². The molecule has 1 aromatic carbocycles. The van der Waals surface area contributed by atoms with Crippen LogP contribution in [0.15, 0.2) is 30.3 Å². The van der Waals surface area contributed by atoms with Crippen molar-refractivity contribution in [1.82, 2.24) is 10.2 Å². The second kappa shape index (κ2) is 8.03. The quantitative estimate of drug-likeness (QED) is 0.875. The molecule has 1 aliphatic heterocycles. The lowest BCUT2D eigenvalue weighted by Gasteiger charge is -2.33. The van der Waals surface area contributed by atoms with Gasteiger partial charge in [0.25, 0.3) is 0 Å². The summed E-state index contributed by atoms with van der Waals surface area (Å²) in [5.74, 6) is 1.17. The molecule has 1 atom stereocenters. The minimum atomic E-state index is 0.225. The molecular formula is C17H26N2O2. The summed E-state index contributed by atoms with van der Waals surface area (Å²) in [5.41, 5.74) is 0. The van der Waals surface area contributed by atoms with Gasteiger partial charge in [0.1, 0.15) is 11.9 Å². The summed E-state index contributed by atoms with van der Waals surface area (Å²) in [5, 5.41) is 3.28. The predicted octanol–water partition coefficient (Wildman–Crippen LogP) is 2.44. The van der Waals surface area contributed by atoms with Crippen molar-refractivity contribution in [3.05, 3.63) is 30.3 Å². The molecule has 21 heavy (non-hydrogen) atoms. The Morgan fingerprint density at radius 2 is 2.00 bits per heavy atom. The van der Waals surface area contributed by atoms with E-state index < -0.39 is 0 Å². The highest BCUT2D eigenvalue weighted by molar-refractivity contribution is 5.76. The molecule has 0 spiro atoms. The summed E-state index contributed by atoms with van der Waals surface area (Å²) in [6.45, 7) is 6.63. The van der Waals surface area contributed by atoms with Crippen LogP contribution in [0, 0.1) is 0 Å². The number of hydrogen-bond donors (Lipinski definition) is 1. The van der Waals surface area contributed by atoms with Gasteiger partial charge in [-0.25, -0.2) is 0 Å². The third-order valence-electron chi connectivity index (χ3n) is 3.87. The summed E-state index contributed by atoms with van der Waals surface area (Å²) >= 11 is 0. The van der Waals surface area contributed by atoms with Crippen molar-refractivity contribution in [2.24, 2.45) is 0 Å². The van der Waals surface area contributed by atoms with E-state index in [2.05, 4.69) is 19.2 Å². The molecule has 1 aromatic rings. The number of amides is 1. The van der Waals surface area contributed by atoms with E-state index >= 15 is 0 Å². The number of rotatable bonds is 6. The Morgan fingerprint density at radius 1 is 1.33 bits per heavy atom. The van der Waals surface area contributed by atoms with E-state index in [0.717, 1.165) is 38.2 Å². The zero-order valence-electron chi connectivity index (χ0n) is 13.0. The summed E-state index contributed by atoms with van der Waals surface area (Å²) in [7, 11) is 0. The van der Waals surface area contributed by atoms with Crippen molar-refractivity contribution in [3.8, 4) is 5.75 Å². The van der Waals surface area contributed by atoms with Crippen LogP contribution in [-0.2, 0) is 4.79 Å². The standard InChI is InChI=1S/C17H26N2O2/c1-3-18-14(2)13-17(20)19-11-9-16(10-12-19)21-15-7-5-4-6-8-15/h4-8,14,16,18H,3,9-13H2,1-2H3. The van der Waals surface area contributed by atoms with Gasteiger partial charge in [-0.15, -0.1) is 0 Å². The van der Waals surface area contributed by atoms with E-state index in [9.17, 15) is 4.79 Å². The molecule has 0 saturated carbocycles. The van der Waals surface area contributed by atoms with Crippen LogP contribution >= 0.6 is 0 Å². The topological polar surface area (TPSA) is 41.6 Å². The maximum absolute atomic E-state index is 12.2. The minimum absolute atomic E-state index is 0.225. The van der Waals surface area contributed by atoms with Crippen molar-refractivity contribution in [2.45, 2.75) is 45.3 Å². The van der Waals surface area contributed by atoms with Gasteiger partial charge in [-0.2, -0.15) is 0 Å². The average Bonchev–Trinajstić information content (AvgIpc) is 2.49. The Bertz CT molecular complexity index is 428. The molecular weight excluding hydrogens is 264 g/mol. The zero-order chi connectivity index (χ0) is 15.1. The van der Waals surface area contributed by atoms with Gasteiger partial charge in [-0.3, -0.25) is 4.79 Å². The second-order valence-corrected chi connectivity index (χ2v) is 5.67. The van der Waals surface area contributed by atoms with Crippen LogP contribution in [0.25, 0.3) is 0 Å². The van der Waals surface area contributed by atoms with E-state index in [1.54, 1.807) is 0 Å². The first kappa shape index (κ1) is 15.8. The van der Waals surface area contributed by atoms with Crippen molar-refractivity contribution >= 4 is 5.91 Å². The monoisotopic (exact) mass is 290 g/mol. The molecule has 0 radical (unpaired) electrons. The minimum Gasteiger partial charge on any atom is -0.490 e. The van der Waals surface area contributed by atoms with Crippen LogP contribution in [0.4, 0.5) is 0 Å². The summed E-state index contributed by atoms with van der Waals surface area (Å²) in [6.07, 6.45) is 2.63. The number of likely N-dealkylation sites (tertiary alicyclic amines) is 1. The van der Waals surface area contributed by atoms with Crippen LogP contribution in [0.2, 0.25) is 0 Å². The first-order valence-electron chi connectivity index (χ1n) is 7.92. The number of ether oxygens (including phenoxy) is 1. The predicted molar refractivity (Wildman–Crippen MR) is 84.4 cm³/mol. The van der Waals surface area contributed by atoms with Crippen molar-refractivity contribution < 1.29 is 9.53 Å². The van der Waals surface area contributed by atoms with Gasteiger partial charge >= 0.3 is 0 Å².